The number of anilines is 2. The number of piperidine rings is 1. The summed E-state index contributed by atoms with van der Waals surface area (Å²) in [6.07, 6.45) is 4.67. The number of amides is 2. The molecule has 1 saturated heterocycles. The number of aryl methyl sites for hydroxylation is 1. The minimum atomic E-state index is -0.111. The molecule has 0 aliphatic carbocycles. The van der Waals surface area contributed by atoms with E-state index in [1.807, 2.05) is 25.1 Å². The predicted molar refractivity (Wildman–Crippen MR) is 134 cm³/mol. The molecule has 3 aromatic rings. The number of hydrogen-bond donors (Lipinski definition) is 2. The number of benzene rings is 1. The van der Waals surface area contributed by atoms with Crippen LogP contribution in [-0.4, -0.2) is 58.1 Å². The quantitative estimate of drug-likeness (QED) is 0.553. The first-order valence-electron chi connectivity index (χ1n) is 11.9. The van der Waals surface area contributed by atoms with Gasteiger partial charge in [-0.25, -0.2) is 0 Å². The van der Waals surface area contributed by atoms with Gasteiger partial charge in [0.25, 0.3) is 5.91 Å². The molecule has 4 rings (SSSR count). The van der Waals surface area contributed by atoms with Gasteiger partial charge in [-0.3, -0.25) is 19.7 Å². The second-order valence-corrected chi connectivity index (χ2v) is 8.63. The summed E-state index contributed by atoms with van der Waals surface area (Å²) in [7, 11) is 0. The lowest BCUT2D eigenvalue weighted by atomic mass is 9.95. The maximum atomic E-state index is 12.9. The molecule has 3 heterocycles. The molecule has 8 heteroatoms. The van der Waals surface area contributed by atoms with Gasteiger partial charge in [0.05, 0.1) is 5.69 Å². The van der Waals surface area contributed by atoms with E-state index in [1.54, 1.807) is 23.4 Å². The van der Waals surface area contributed by atoms with Crippen LogP contribution in [0, 0.1) is 12.8 Å². The number of carbonyl (C=O) groups excluding carboxylic acids is 2. The Kier molecular flexibility index (Phi) is 7.25. The fraction of sp³-hybridized carbons (Fsp3) is 0.385. The molecule has 2 N–H and O–H groups in total. The third-order valence-corrected chi connectivity index (χ3v) is 6.53. The summed E-state index contributed by atoms with van der Waals surface area (Å²) >= 11 is 0. The Morgan fingerprint density at radius 1 is 1.09 bits per heavy atom. The number of nitrogens with one attached hydrogen (secondary N) is 2. The van der Waals surface area contributed by atoms with Crippen LogP contribution in [0.5, 0.6) is 0 Å². The molecule has 1 aliphatic heterocycles. The monoisotopic (exact) mass is 460 g/mol. The van der Waals surface area contributed by atoms with Crippen molar-refractivity contribution in [2.75, 3.05) is 36.4 Å². The molecule has 1 fully saturated rings. The van der Waals surface area contributed by atoms with Gasteiger partial charge in [-0.1, -0.05) is 0 Å². The van der Waals surface area contributed by atoms with Crippen LogP contribution in [0.1, 0.15) is 42.7 Å². The van der Waals surface area contributed by atoms with Crippen LogP contribution in [0.15, 0.2) is 48.8 Å². The van der Waals surface area contributed by atoms with Crippen molar-refractivity contribution in [3.63, 3.8) is 0 Å². The molecule has 34 heavy (non-hydrogen) atoms. The Balaban J connectivity index is 1.33. The molecule has 2 aromatic heterocycles. The Morgan fingerprint density at radius 2 is 1.79 bits per heavy atom. The second kappa shape index (κ2) is 10.5. The van der Waals surface area contributed by atoms with E-state index < -0.39 is 0 Å². The van der Waals surface area contributed by atoms with Crippen LogP contribution < -0.4 is 10.2 Å². The van der Waals surface area contributed by atoms with Gasteiger partial charge in [-0.05, 0) is 75.6 Å². The van der Waals surface area contributed by atoms with E-state index in [0.717, 1.165) is 29.9 Å². The van der Waals surface area contributed by atoms with Gasteiger partial charge in [0, 0.05) is 61.4 Å². The molecular weight excluding hydrogens is 428 g/mol. The summed E-state index contributed by atoms with van der Waals surface area (Å²) in [4.78, 5) is 33.9. The van der Waals surface area contributed by atoms with Crippen LogP contribution in [-0.2, 0) is 4.79 Å². The van der Waals surface area contributed by atoms with Gasteiger partial charge >= 0.3 is 0 Å². The molecule has 0 bridgehead atoms. The number of H-pyrrole nitrogens is 1. The van der Waals surface area contributed by atoms with Crippen molar-refractivity contribution in [3.05, 3.63) is 60.0 Å². The van der Waals surface area contributed by atoms with Crippen molar-refractivity contribution in [1.82, 2.24) is 20.1 Å². The van der Waals surface area contributed by atoms with E-state index in [2.05, 4.69) is 51.4 Å². The average molecular weight is 461 g/mol. The van der Waals surface area contributed by atoms with Gasteiger partial charge in [0.1, 0.15) is 5.69 Å². The summed E-state index contributed by atoms with van der Waals surface area (Å²) in [6.45, 7) is 9.27. The lowest BCUT2D eigenvalue weighted by Gasteiger charge is -2.31. The Morgan fingerprint density at radius 3 is 2.44 bits per heavy atom. The zero-order chi connectivity index (χ0) is 24.1. The van der Waals surface area contributed by atoms with Crippen molar-refractivity contribution in [2.45, 2.75) is 33.6 Å². The molecule has 0 atom stereocenters. The summed E-state index contributed by atoms with van der Waals surface area (Å²) in [5.41, 5.74) is 5.13. The first-order chi connectivity index (χ1) is 16.5. The van der Waals surface area contributed by atoms with E-state index in [9.17, 15) is 9.59 Å². The highest BCUT2D eigenvalue weighted by Crippen LogP contribution is 2.26. The first-order valence-corrected chi connectivity index (χ1v) is 11.9. The van der Waals surface area contributed by atoms with Crippen LogP contribution in [0.4, 0.5) is 11.4 Å². The second-order valence-electron chi connectivity index (χ2n) is 8.63. The minimum Gasteiger partial charge on any atom is -0.372 e. The Bertz CT molecular complexity index is 1130. The number of pyridine rings is 1. The molecule has 8 nitrogen and oxygen atoms in total. The Labute approximate surface area is 200 Å². The highest BCUT2D eigenvalue weighted by Gasteiger charge is 2.29. The van der Waals surface area contributed by atoms with Gasteiger partial charge in [0.15, 0.2) is 0 Å². The van der Waals surface area contributed by atoms with Crippen molar-refractivity contribution < 1.29 is 9.59 Å². The van der Waals surface area contributed by atoms with Crippen LogP contribution in [0.3, 0.4) is 0 Å². The molecular formula is C26H32N6O2. The normalized spacial score (nSPS) is 14.1. The molecule has 178 valence electrons. The van der Waals surface area contributed by atoms with Gasteiger partial charge in [-0.15, -0.1) is 0 Å². The molecule has 0 radical (unpaired) electrons. The number of aromatic nitrogens is 3. The molecule has 0 spiro atoms. The van der Waals surface area contributed by atoms with E-state index in [-0.39, 0.29) is 17.7 Å². The average Bonchev–Trinajstić information content (AvgIpc) is 3.37. The van der Waals surface area contributed by atoms with Crippen LogP contribution >= 0.6 is 0 Å². The predicted octanol–water partition coefficient (Wildman–Crippen LogP) is 4.12. The smallest absolute Gasteiger partial charge is 0.271 e. The third-order valence-electron chi connectivity index (χ3n) is 6.53. The summed E-state index contributed by atoms with van der Waals surface area (Å²) in [6, 6.07) is 11.6. The van der Waals surface area contributed by atoms with E-state index in [0.29, 0.717) is 37.3 Å². The number of hydrogen-bond acceptors (Lipinski definition) is 5. The topological polar surface area (TPSA) is 94.2 Å². The maximum absolute atomic E-state index is 12.9. The van der Waals surface area contributed by atoms with Gasteiger partial charge in [0.2, 0.25) is 5.91 Å². The summed E-state index contributed by atoms with van der Waals surface area (Å²) < 4.78 is 0. The number of rotatable bonds is 7. The largest absolute Gasteiger partial charge is 0.372 e. The number of aromatic amines is 1. The van der Waals surface area contributed by atoms with Crippen LogP contribution in [0.25, 0.3) is 11.3 Å². The number of carbonyl (C=O) groups is 2. The molecule has 1 aromatic carbocycles. The Hall–Kier alpha value is -3.68. The molecule has 0 saturated carbocycles. The highest BCUT2D eigenvalue weighted by atomic mass is 16.2. The van der Waals surface area contributed by atoms with Gasteiger partial charge in [-0.2, -0.15) is 5.10 Å². The summed E-state index contributed by atoms with van der Waals surface area (Å²) in [5.74, 6) is -0.179. The fourth-order valence-corrected chi connectivity index (χ4v) is 4.43. The molecule has 1 aliphatic rings. The lowest BCUT2D eigenvalue weighted by Crippen LogP contribution is -2.41. The van der Waals surface area contributed by atoms with Crippen molar-refractivity contribution in [2.24, 2.45) is 5.92 Å². The minimum absolute atomic E-state index is 0.0206. The highest BCUT2D eigenvalue weighted by molar-refractivity contribution is 5.95. The lowest BCUT2D eigenvalue weighted by molar-refractivity contribution is -0.121. The van der Waals surface area contributed by atoms with E-state index >= 15 is 0 Å². The number of nitrogens with zero attached hydrogens (tertiary/aromatic N) is 4. The van der Waals surface area contributed by atoms with Crippen molar-refractivity contribution in [3.8, 4) is 11.3 Å². The molecule has 0 unspecified atom stereocenters. The summed E-state index contributed by atoms with van der Waals surface area (Å²) in [5, 5.41) is 10.2. The fourth-order valence-electron chi connectivity index (χ4n) is 4.43. The zero-order valence-electron chi connectivity index (χ0n) is 20.0. The first kappa shape index (κ1) is 23.5. The van der Waals surface area contributed by atoms with Crippen LogP contribution in [0.2, 0.25) is 0 Å². The van der Waals surface area contributed by atoms with E-state index in [4.69, 9.17) is 0 Å². The standard InChI is InChI=1S/C26H32N6O2/c1-4-31(5-2)21-6-7-22(18(3)16-21)28-25(33)20-10-14-32(15-11-20)26(34)24-17-23(29-30-24)19-8-12-27-13-9-19/h6-9,12-13,16-17,20H,4-5,10-11,14-15H2,1-3H3,(H,28,33)(H,29,30). The molecule has 2 amide bonds. The van der Waals surface area contributed by atoms with Crippen molar-refractivity contribution >= 4 is 23.2 Å². The maximum Gasteiger partial charge on any atom is 0.271 e. The third kappa shape index (κ3) is 5.11. The SMILES string of the molecule is CCN(CC)c1ccc(NC(=O)C2CCN(C(=O)c3cc(-c4ccncc4)n[nH]3)CC2)c(C)c1. The van der Waals surface area contributed by atoms with Gasteiger partial charge < -0.3 is 15.1 Å². The number of likely N-dealkylation sites (tertiary alicyclic amines) is 1. The van der Waals surface area contributed by atoms with E-state index in [1.165, 1.54) is 5.69 Å². The zero-order valence-corrected chi connectivity index (χ0v) is 20.0. The van der Waals surface area contributed by atoms with Crippen molar-refractivity contribution in [1.29, 1.82) is 0 Å².